The first kappa shape index (κ1) is 20.0. The van der Waals surface area contributed by atoms with Crippen molar-refractivity contribution in [3.8, 4) is 0 Å². The molecule has 156 valence electrons. The van der Waals surface area contributed by atoms with Crippen molar-refractivity contribution in [3.63, 3.8) is 0 Å². The fraction of sp³-hybridized carbons (Fsp3) is 0.333. The lowest BCUT2D eigenvalue weighted by Gasteiger charge is -2.17. The minimum atomic E-state index is -0.266. The van der Waals surface area contributed by atoms with Crippen LogP contribution < -0.4 is 16.0 Å². The largest absolute Gasteiger partial charge is 0.376 e. The number of rotatable bonds is 8. The van der Waals surface area contributed by atoms with Crippen molar-refractivity contribution >= 4 is 23.4 Å². The molecule has 1 aromatic carbocycles. The molecule has 1 fully saturated rings. The standard InChI is InChI=1S/C21H24FN7O/c1-14(15-4-6-16(22)7-5-15)26-21-28-18(25-12-17-3-2-10-30-17)11-19(29-21)27-20-13-23-8-9-24-20/h4-9,11,13-14,17H,2-3,10,12H2,1H3,(H3,24,25,26,27,28,29)/t14-,17?/m0/s1. The summed E-state index contributed by atoms with van der Waals surface area (Å²) in [6, 6.07) is 8.07. The predicted molar refractivity (Wildman–Crippen MR) is 113 cm³/mol. The molecule has 3 aromatic rings. The second-order valence-corrected chi connectivity index (χ2v) is 7.11. The third kappa shape index (κ3) is 5.38. The zero-order valence-electron chi connectivity index (χ0n) is 16.7. The SMILES string of the molecule is C[C@H](Nc1nc(NCC2CCCO2)cc(Nc2cnccn2)n1)c1ccc(F)cc1. The Kier molecular flexibility index (Phi) is 6.29. The first-order valence-corrected chi connectivity index (χ1v) is 9.95. The second kappa shape index (κ2) is 9.45. The Bertz CT molecular complexity index is 949. The summed E-state index contributed by atoms with van der Waals surface area (Å²) in [6.07, 6.45) is 7.14. The van der Waals surface area contributed by atoms with Gasteiger partial charge in [-0.15, -0.1) is 0 Å². The van der Waals surface area contributed by atoms with Crippen molar-refractivity contribution in [2.45, 2.75) is 31.9 Å². The molecule has 30 heavy (non-hydrogen) atoms. The maximum absolute atomic E-state index is 13.2. The maximum atomic E-state index is 13.2. The van der Waals surface area contributed by atoms with Crippen molar-refractivity contribution in [2.75, 3.05) is 29.1 Å². The van der Waals surface area contributed by atoms with Crippen LogP contribution in [0.25, 0.3) is 0 Å². The van der Waals surface area contributed by atoms with Crippen LogP contribution in [0.15, 0.2) is 48.9 Å². The second-order valence-electron chi connectivity index (χ2n) is 7.11. The molecule has 1 aliphatic heterocycles. The van der Waals surface area contributed by atoms with Gasteiger partial charge in [0.2, 0.25) is 5.95 Å². The third-order valence-corrected chi connectivity index (χ3v) is 4.80. The summed E-state index contributed by atoms with van der Waals surface area (Å²) in [6.45, 7) is 3.45. The highest BCUT2D eigenvalue weighted by Crippen LogP contribution is 2.22. The Labute approximate surface area is 174 Å². The molecular formula is C21H24FN7O. The number of benzene rings is 1. The lowest BCUT2D eigenvalue weighted by atomic mass is 10.1. The molecule has 0 radical (unpaired) electrons. The molecule has 3 N–H and O–H groups in total. The van der Waals surface area contributed by atoms with Crippen molar-refractivity contribution in [2.24, 2.45) is 0 Å². The van der Waals surface area contributed by atoms with Crippen LogP contribution >= 0.6 is 0 Å². The Morgan fingerprint density at radius 2 is 1.97 bits per heavy atom. The van der Waals surface area contributed by atoms with Crippen molar-refractivity contribution in [1.82, 2.24) is 19.9 Å². The smallest absolute Gasteiger partial charge is 0.227 e. The molecule has 2 aromatic heterocycles. The van der Waals surface area contributed by atoms with E-state index in [2.05, 4.69) is 35.9 Å². The highest BCUT2D eigenvalue weighted by Gasteiger charge is 2.16. The summed E-state index contributed by atoms with van der Waals surface area (Å²) in [5.41, 5.74) is 0.932. The summed E-state index contributed by atoms with van der Waals surface area (Å²) >= 11 is 0. The zero-order valence-corrected chi connectivity index (χ0v) is 16.7. The van der Waals surface area contributed by atoms with Crippen LogP contribution in [-0.2, 0) is 4.74 Å². The molecule has 0 saturated carbocycles. The van der Waals surface area contributed by atoms with Gasteiger partial charge in [0.15, 0.2) is 0 Å². The van der Waals surface area contributed by atoms with Crippen LogP contribution in [0.1, 0.15) is 31.4 Å². The van der Waals surface area contributed by atoms with Crippen LogP contribution in [-0.4, -0.2) is 39.2 Å². The number of nitrogens with one attached hydrogen (secondary N) is 3. The third-order valence-electron chi connectivity index (χ3n) is 4.80. The monoisotopic (exact) mass is 409 g/mol. The van der Waals surface area contributed by atoms with Crippen LogP contribution in [0.5, 0.6) is 0 Å². The number of halogens is 1. The van der Waals surface area contributed by atoms with Gasteiger partial charge in [0.25, 0.3) is 0 Å². The van der Waals surface area contributed by atoms with Gasteiger partial charge >= 0.3 is 0 Å². The molecule has 1 unspecified atom stereocenters. The molecule has 0 aliphatic carbocycles. The Balaban J connectivity index is 1.53. The van der Waals surface area contributed by atoms with Gasteiger partial charge in [-0.1, -0.05) is 12.1 Å². The molecule has 4 rings (SSSR count). The van der Waals surface area contributed by atoms with E-state index in [0.717, 1.165) is 25.0 Å². The molecule has 8 nitrogen and oxygen atoms in total. The number of aromatic nitrogens is 4. The number of hydrogen-bond donors (Lipinski definition) is 3. The molecule has 0 spiro atoms. The lowest BCUT2D eigenvalue weighted by Crippen LogP contribution is -2.20. The van der Waals surface area contributed by atoms with Gasteiger partial charge in [0.1, 0.15) is 23.3 Å². The van der Waals surface area contributed by atoms with E-state index < -0.39 is 0 Å². The Hall–Kier alpha value is -3.33. The highest BCUT2D eigenvalue weighted by molar-refractivity contribution is 5.58. The average Bonchev–Trinajstić information content (AvgIpc) is 3.27. The minimum absolute atomic E-state index is 0.108. The minimum Gasteiger partial charge on any atom is -0.376 e. The molecule has 1 saturated heterocycles. The van der Waals surface area contributed by atoms with Crippen LogP contribution in [0, 0.1) is 5.82 Å². The van der Waals surface area contributed by atoms with Gasteiger partial charge in [-0.3, -0.25) is 4.98 Å². The van der Waals surface area contributed by atoms with Gasteiger partial charge in [-0.2, -0.15) is 9.97 Å². The van der Waals surface area contributed by atoms with Gasteiger partial charge in [0.05, 0.1) is 18.3 Å². The number of nitrogens with zero attached hydrogens (tertiary/aromatic N) is 4. The molecule has 1 aliphatic rings. The molecule has 9 heteroatoms. The summed E-state index contributed by atoms with van der Waals surface area (Å²) in [5, 5.41) is 9.76. The predicted octanol–water partition coefficient (Wildman–Crippen LogP) is 3.91. The maximum Gasteiger partial charge on any atom is 0.227 e. The van der Waals surface area contributed by atoms with E-state index in [1.807, 2.05) is 13.0 Å². The number of hydrogen-bond acceptors (Lipinski definition) is 8. The van der Waals surface area contributed by atoms with E-state index in [9.17, 15) is 4.39 Å². The summed E-state index contributed by atoms with van der Waals surface area (Å²) in [5.74, 6) is 2.00. The lowest BCUT2D eigenvalue weighted by molar-refractivity contribution is 0.120. The van der Waals surface area contributed by atoms with E-state index in [1.54, 1.807) is 30.7 Å². The Morgan fingerprint density at radius 3 is 2.70 bits per heavy atom. The van der Waals surface area contributed by atoms with Gasteiger partial charge in [-0.25, -0.2) is 9.37 Å². The van der Waals surface area contributed by atoms with Crippen LogP contribution in [0.3, 0.4) is 0 Å². The first-order chi connectivity index (χ1) is 14.7. The first-order valence-electron chi connectivity index (χ1n) is 9.95. The van der Waals surface area contributed by atoms with Gasteiger partial charge in [-0.05, 0) is 37.5 Å². The molecule has 3 heterocycles. The Morgan fingerprint density at radius 1 is 1.13 bits per heavy atom. The highest BCUT2D eigenvalue weighted by atomic mass is 19.1. The topological polar surface area (TPSA) is 96.9 Å². The zero-order chi connectivity index (χ0) is 20.8. The molecule has 0 amide bonds. The molecular weight excluding hydrogens is 385 g/mol. The van der Waals surface area contributed by atoms with E-state index in [4.69, 9.17) is 4.74 Å². The van der Waals surface area contributed by atoms with Gasteiger partial charge < -0.3 is 20.7 Å². The molecule has 2 atom stereocenters. The van der Waals surface area contributed by atoms with Crippen molar-refractivity contribution in [1.29, 1.82) is 0 Å². The number of ether oxygens (including phenoxy) is 1. The molecule has 0 bridgehead atoms. The fourth-order valence-corrected chi connectivity index (χ4v) is 3.21. The normalized spacial score (nSPS) is 16.8. The fourth-order valence-electron chi connectivity index (χ4n) is 3.21. The van der Waals surface area contributed by atoms with Crippen molar-refractivity contribution < 1.29 is 9.13 Å². The van der Waals surface area contributed by atoms with E-state index in [1.165, 1.54) is 12.1 Å². The van der Waals surface area contributed by atoms with Crippen molar-refractivity contribution in [3.05, 3.63) is 60.3 Å². The summed E-state index contributed by atoms with van der Waals surface area (Å²) in [7, 11) is 0. The van der Waals surface area contributed by atoms with E-state index in [0.29, 0.717) is 29.9 Å². The van der Waals surface area contributed by atoms with Crippen LogP contribution in [0.4, 0.5) is 27.8 Å². The van der Waals surface area contributed by atoms with E-state index in [-0.39, 0.29) is 18.0 Å². The van der Waals surface area contributed by atoms with E-state index >= 15 is 0 Å². The average molecular weight is 409 g/mol. The van der Waals surface area contributed by atoms with Gasteiger partial charge in [0, 0.05) is 31.6 Å². The summed E-state index contributed by atoms with van der Waals surface area (Å²) in [4.78, 5) is 17.4. The number of anilines is 4. The summed E-state index contributed by atoms with van der Waals surface area (Å²) < 4.78 is 18.9. The van der Waals surface area contributed by atoms with Crippen LogP contribution in [0.2, 0.25) is 0 Å². The quantitative estimate of drug-likeness (QED) is 0.515.